The van der Waals surface area contributed by atoms with Crippen LogP contribution < -0.4 is 14.4 Å². The first-order valence-corrected chi connectivity index (χ1v) is 9.07. The van der Waals surface area contributed by atoms with E-state index in [4.69, 9.17) is 14.2 Å². The minimum absolute atomic E-state index is 0.0152. The summed E-state index contributed by atoms with van der Waals surface area (Å²) in [7, 11) is 1.32. The number of benzene rings is 1. The summed E-state index contributed by atoms with van der Waals surface area (Å²) >= 11 is 0. The Labute approximate surface area is 168 Å². The Morgan fingerprint density at radius 1 is 1.17 bits per heavy atom. The third kappa shape index (κ3) is 4.82. The van der Waals surface area contributed by atoms with Crippen molar-refractivity contribution in [1.29, 1.82) is 0 Å². The minimum atomic E-state index is -4.76. The monoisotopic (exact) mass is 438 g/mol. The van der Waals surface area contributed by atoms with Gasteiger partial charge in [-0.3, -0.25) is 0 Å². The van der Waals surface area contributed by atoms with Crippen molar-refractivity contribution in [2.45, 2.75) is 38.3 Å². The van der Waals surface area contributed by atoms with Crippen LogP contribution in [0.1, 0.15) is 19.4 Å². The van der Waals surface area contributed by atoms with Crippen molar-refractivity contribution in [1.82, 2.24) is 4.98 Å². The van der Waals surface area contributed by atoms with Gasteiger partial charge in [0.05, 0.1) is 35.5 Å². The predicted molar refractivity (Wildman–Crippen MR) is 97.1 cm³/mol. The van der Waals surface area contributed by atoms with E-state index in [2.05, 4.69) is 4.98 Å². The van der Waals surface area contributed by atoms with Gasteiger partial charge >= 0.3 is 12.4 Å². The molecular weight excluding hydrogens is 418 g/mol. The molecule has 2 aromatic rings. The molecule has 166 valence electrons. The van der Waals surface area contributed by atoms with E-state index in [0.29, 0.717) is 0 Å². The first-order chi connectivity index (χ1) is 13.9. The number of rotatable bonds is 5. The summed E-state index contributed by atoms with van der Waals surface area (Å²) in [5, 5.41) is -0.341. The first-order valence-electron chi connectivity index (χ1n) is 9.07. The van der Waals surface area contributed by atoms with Crippen LogP contribution in [0, 0.1) is 0 Å². The van der Waals surface area contributed by atoms with E-state index in [1.54, 1.807) is 13.8 Å². The van der Waals surface area contributed by atoms with E-state index >= 15 is 0 Å². The average Bonchev–Trinajstić information content (AvgIpc) is 2.59. The van der Waals surface area contributed by atoms with Crippen LogP contribution in [0.25, 0.3) is 10.9 Å². The fourth-order valence-electron chi connectivity index (χ4n) is 3.31. The van der Waals surface area contributed by atoms with Gasteiger partial charge in [0.1, 0.15) is 18.9 Å². The minimum Gasteiger partial charge on any atom is -0.489 e. The van der Waals surface area contributed by atoms with Crippen LogP contribution in [0.15, 0.2) is 18.2 Å². The normalized spacial score (nSPS) is 17.3. The molecule has 11 heteroatoms. The van der Waals surface area contributed by atoms with Crippen molar-refractivity contribution in [3.05, 3.63) is 23.8 Å². The molecule has 1 aromatic heterocycles. The molecule has 5 nitrogen and oxygen atoms in total. The largest absolute Gasteiger partial charge is 0.489 e. The number of anilines is 1. The Bertz CT molecular complexity index is 914. The summed E-state index contributed by atoms with van der Waals surface area (Å²) in [5.74, 6) is -0.216. The fourth-order valence-corrected chi connectivity index (χ4v) is 3.31. The molecule has 0 saturated carbocycles. The number of hydrogen-bond acceptors (Lipinski definition) is 5. The number of hydrogen-bond donors (Lipinski definition) is 0. The highest BCUT2D eigenvalue weighted by atomic mass is 19.4. The van der Waals surface area contributed by atoms with Crippen molar-refractivity contribution in [3.8, 4) is 11.6 Å². The Kier molecular flexibility index (Phi) is 5.94. The van der Waals surface area contributed by atoms with Crippen molar-refractivity contribution in [3.63, 3.8) is 0 Å². The lowest BCUT2D eigenvalue weighted by Crippen LogP contribution is -2.49. The summed E-state index contributed by atoms with van der Waals surface area (Å²) < 4.78 is 96.4. The SMILES string of the molecule is COCC1COc2cc3nc(OC(C)C)cc(C(F)(F)F)c3cc2N1CC(F)(F)F. The lowest BCUT2D eigenvalue weighted by molar-refractivity contribution is -0.136. The maximum Gasteiger partial charge on any atom is 0.417 e. The van der Waals surface area contributed by atoms with E-state index in [0.717, 1.165) is 17.0 Å². The summed E-state index contributed by atoms with van der Waals surface area (Å²) in [6, 6.07) is 2.18. The number of methoxy groups -OCH3 is 1. The smallest absolute Gasteiger partial charge is 0.417 e. The zero-order valence-electron chi connectivity index (χ0n) is 16.4. The fraction of sp³-hybridized carbons (Fsp3) is 0.526. The lowest BCUT2D eigenvalue weighted by atomic mass is 10.0. The average molecular weight is 438 g/mol. The number of pyridine rings is 1. The van der Waals surface area contributed by atoms with E-state index in [1.807, 2.05) is 0 Å². The molecule has 0 bridgehead atoms. The van der Waals surface area contributed by atoms with Gasteiger partial charge in [-0.1, -0.05) is 0 Å². The Morgan fingerprint density at radius 3 is 2.43 bits per heavy atom. The number of alkyl halides is 6. The van der Waals surface area contributed by atoms with Gasteiger partial charge in [0.25, 0.3) is 0 Å². The Hall–Kier alpha value is -2.43. The van der Waals surface area contributed by atoms with E-state index in [1.165, 1.54) is 13.2 Å². The molecule has 0 spiro atoms. The van der Waals surface area contributed by atoms with Crippen LogP contribution in [0.2, 0.25) is 0 Å². The number of nitrogens with zero attached hydrogens (tertiary/aromatic N) is 2. The van der Waals surface area contributed by atoms with E-state index < -0.39 is 36.6 Å². The van der Waals surface area contributed by atoms with Crippen LogP contribution in [-0.4, -0.2) is 50.2 Å². The van der Waals surface area contributed by atoms with Gasteiger partial charge in [0.15, 0.2) is 0 Å². The maximum atomic E-state index is 13.7. The van der Waals surface area contributed by atoms with Crippen molar-refractivity contribution < 1.29 is 40.6 Å². The number of fused-ring (bicyclic) bond motifs is 2. The highest BCUT2D eigenvalue weighted by Gasteiger charge is 2.39. The second kappa shape index (κ2) is 8.01. The zero-order chi connectivity index (χ0) is 22.3. The molecule has 30 heavy (non-hydrogen) atoms. The highest BCUT2D eigenvalue weighted by molar-refractivity contribution is 5.90. The quantitative estimate of drug-likeness (QED) is 0.627. The highest BCUT2D eigenvalue weighted by Crippen LogP contribution is 2.43. The second-order valence-electron chi connectivity index (χ2n) is 7.17. The van der Waals surface area contributed by atoms with E-state index in [9.17, 15) is 26.3 Å². The number of aromatic nitrogens is 1. The molecule has 0 radical (unpaired) electrons. The van der Waals surface area contributed by atoms with Gasteiger partial charge < -0.3 is 19.1 Å². The molecular formula is C19H20F6N2O3. The molecule has 1 unspecified atom stereocenters. The van der Waals surface area contributed by atoms with Gasteiger partial charge in [0.2, 0.25) is 5.88 Å². The molecule has 0 N–H and O–H groups in total. The van der Waals surface area contributed by atoms with Gasteiger partial charge in [-0.05, 0) is 19.9 Å². The van der Waals surface area contributed by atoms with Gasteiger partial charge in [-0.15, -0.1) is 0 Å². The van der Waals surface area contributed by atoms with Crippen LogP contribution in [-0.2, 0) is 10.9 Å². The van der Waals surface area contributed by atoms with Crippen molar-refractivity contribution in [2.24, 2.45) is 0 Å². The lowest BCUT2D eigenvalue weighted by Gasteiger charge is -2.38. The molecule has 0 aliphatic carbocycles. The Balaban J connectivity index is 2.20. The molecule has 0 saturated heterocycles. The van der Waals surface area contributed by atoms with Crippen LogP contribution in [0.3, 0.4) is 0 Å². The summed E-state index contributed by atoms with van der Waals surface area (Å²) in [4.78, 5) is 5.04. The Morgan fingerprint density at radius 2 is 1.87 bits per heavy atom. The maximum absolute atomic E-state index is 13.7. The van der Waals surface area contributed by atoms with E-state index in [-0.39, 0.29) is 41.4 Å². The molecule has 3 rings (SSSR count). The molecule has 1 aliphatic heterocycles. The number of halogens is 6. The number of ether oxygens (including phenoxy) is 3. The predicted octanol–water partition coefficient (Wildman–Crippen LogP) is 4.82. The van der Waals surface area contributed by atoms with Gasteiger partial charge in [-0.2, -0.15) is 26.3 Å². The standard InChI is InChI=1S/C19H20F6N2O3/c1-10(2)30-17-5-13(19(23,24)25)12-4-15-16(6-14(12)26-17)29-8-11(7-28-3)27(15)9-18(20,21)22/h4-6,10-11H,7-9H2,1-3H3. The molecule has 1 atom stereocenters. The molecule has 2 heterocycles. The first kappa shape index (κ1) is 22.3. The van der Waals surface area contributed by atoms with Gasteiger partial charge in [0, 0.05) is 24.6 Å². The second-order valence-corrected chi connectivity index (χ2v) is 7.17. The summed E-state index contributed by atoms with van der Waals surface area (Å²) in [6.45, 7) is 1.72. The van der Waals surface area contributed by atoms with Gasteiger partial charge in [-0.25, -0.2) is 4.98 Å². The zero-order valence-corrected chi connectivity index (χ0v) is 16.4. The molecule has 1 aliphatic rings. The topological polar surface area (TPSA) is 43.8 Å². The molecule has 0 fully saturated rings. The summed E-state index contributed by atoms with van der Waals surface area (Å²) in [6.07, 6.45) is -9.75. The van der Waals surface area contributed by atoms with Crippen LogP contribution >= 0.6 is 0 Å². The summed E-state index contributed by atoms with van der Waals surface area (Å²) in [5.41, 5.74) is -1.24. The molecule has 1 aromatic carbocycles. The molecule has 0 amide bonds. The van der Waals surface area contributed by atoms with Crippen molar-refractivity contribution in [2.75, 3.05) is 31.8 Å². The van der Waals surface area contributed by atoms with Crippen molar-refractivity contribution >= 4 is 16.6 Å². The third-order valence-electron chi connectivity index (χ3n) is 4.42. The van der Waals surface area contributed by atoms with Crippen LogP contribution in [0.5, 0.6) is 11.6 Å². The third-order valence-corrected chi connectivity index (χ3v) is 4.42. The van der Waals surface area contributed by atoms with Crippen LogP contribution in [0.4, 0.5) is 32.0 Å².